The summed E-state index contributed by atoms with van der Waals surface area (Å²) in [6.45, 7) is 10.1. The molecule has 0 heterocycles. The first kappa shape index (κ1) is 12.2. The van der Waals surface area contributed by atoms with E-state index in [9.17, 15) is 4.79 Å². The van der Waals surface area contributed by atoms with Crippen molar-refractivity contribution >= 4 is 5.91 Å². The van der Waals surface area contributed by atoms with Crippen molar-refractivity contribution in [1.82, 2.24) is 5.32 Å². The molecule has 0 saturated carbocycles. The Labute approximate surface area is 80.2 Å². The summed E-state index contributed by atoms with van der Waals surface area (Å²) in [4.78, 5) is 11.1. The van der Waals surface area contributed by atoms with E-state index in [0.29, 0.717) is 6.54 Å². The standard InChI is InChI=1S/C10H19NO2/c1-5-6-7-11-9(12)8-13-10(2,3)4/h5H,1,6-8H2,2-4H3,(H,11,12). The molecule has 13 heavy (non-hydrogen) atoms. The highest BCUT2D eigenvalue weighted by atomic mass is 16.5. The van der Waals surface area contributed by atoms with E-state index < -0.39 is 0 Å². The van der Waals surface area contributed by atoms with Crippen molar-refractivity contribution in [1.29, 1.82) is 0 Å². The van der Waals surface area contributed by atoms with Gasteiger partial charge in [0.05, 0.1) is 5.60 Å². The second-order valence-electron chi connectivity index (χ2n) is 3.83. The minimum absolute atomic E-state index is 0.0724. The molecule has 1 amide bonds. The van der Waals surface area contributed by atoms with Crippen molar-refractivity contribution in [3.05, 3.63) is 12.7 Å². The Kier molecular flexibility index (Phi) is 5.39. The van der Waals surface area contributed by atoms with Crippen molar-refractivity contribution in [2.24, 2.45) is 0 Å². The lowest BCUT2D eigenvalue weighted by Crippen LogP contribution is -2.32. The highest BCUT2D eigenvalue weighted by Crippen LogP contribution is 2.05. The monoisotopic (exact) mass is 185 g/mol. The van der Waals surface area contributed by atoms with E-state index >= 15 is 0 Å². The average molecular weight is 185 g/mol. The number of nitrogens with one attached hydrogen (secondary N) is 1. The summed E-state index contributed by atoms with van der Waals surface area (Å²) >= 11 is 0. The number of amides is 1. The van der Waals surface area contributed by atoms with Crippen LogP contribution in [0, 0.1) is 0 Å². The molecule has 0 bridgehead atoms. The van der Waals surface area contributed by atoms with Gasteiger partial charge in [-0.25, -0.2) is 0 Å². The lowest BCUT2D eigenvalue weighted by molar-refractivity contribution is -0.130. The number of ether oxygens (including phenoxy) is 1. The molecule has 0 fully saturated rings. The predicted octanol–water partition coefficient (Wildman–Crippen LogP) is 1.49. The van der Waals surface area contributed by atoms with Crippen molar-refractivity contribution in [3.8, 4) is 0 Å². The van der Waals surface area contributed by atoms with Crippen LogP contribution in [0.4, 0.5) is 0 Å². The Balaban J connectivity index is 3.46. The molecule has 0 rings (SSSR count). The molecular formula is C10H19NO2. The lowest BCUT2D eigenvalue weighted by atomic mass is 10.2. The van der Waals surface area contributed by atoms with Crippen LogP contribution >= 0.6 is 0 Å². The molecule has 3 heteroatoms. The molecule has 0 unspecified atom stereocenters. The summed E-state index contributed by atoms with van der Waals surface area (Å²) in [6.07, 6.45) is 2.56. The zero-order valence-electron chi connectivity index (χ0n) is 8.72. The Bertz CT molecular complexity index is 170. The van der Waals surface area contributed by atoms with Crippen molar-refractivity contribution in [2.45, 2.75) is 32.8 Å². The van der Waals surface area contributed by atoms with Crippen LogP contribution in [0.5, 0.6) is 0 Å². The van der Waals surface area contributed by atoms with Crippen LogP contribution in [0.15, 0.2) is 12.7 Å². The molecule has 76 valence electrons. The Morgan fingerprint density at radius 2 is 2.15 bits per heavy atom. The third-order valence-corrected chi connectivity index (χ3v) is 1.31. The van der Waals surface area contributed by atoms with Crippen molar-refractivity contribution in [3.63, 3.8) is 0 Å². The minimum Gasteiger partial charge on any atom is -0.366 e. The second-order valence-corrected chi connectivity index (χ2v) is 3.83. The molecule has 1 N–H and O–H groups in total. The maximum absolute atomic E-state index is 11.1. The molecule has 3 nitrogen and oxygen atoms in total. The van der Waals surface area contributed by atoms with Crippen LogP contribution in [0.3, 0.4) is 0 Å². The quantitative estimate of drug-likeness (QED) is 0.520. The first-order valence-electron chi connectivity index (χ1n) is 4.47. The fraction of sp³-hybridized carbons (Fsp3) is 0.700. The fourth-order valence-electron chi connectivity index (χ4n) is 0.647. The van der Waals surface area contributed by atoms with E-state index in [1.54, 1.807) is 6.08 Å². The molecule has 0 radical (unpaired) electrons. The Hall–Kier alpha value is -0.830. The summed E-state index contributed by atoms with van der Waals surface area (Å²) in [6, 6.07) is 0. The zero-order valence-corrected chi connectivity index (χ0v) is 8.72. The van der Waals surface area contributed by atoms with Crippen LogP contribution < -0.4 is 5.32 Å². The van der Waals surface area contributed by atoms with Crippen LogP contribution in [0.2, 0.25) is 0 Å². The molecule has 0 aromatic heterocycles. The summed E-state index contributed by atoms with van der Waals surface area (Å²) in [7, 11) is 0. The van der Waals surface area contributed by atoms with E-state index in [2.05, 4.69) is 11.9 Å². The molecule has 0 spiro atoms. The van der Waals surface area contributed by atoms with E-state index in [-0.39, 0.29) is 18.1 Å². The molecule has 0 aliphatic carbocycles. The van der Waals surface area contributed by atoms with Gasteiger partial charge in [0.25, 0.3) is 0 Å². The maximum atomic E-state index is 11.1. The van der Waals surface area contributed by atoms with Crippen LogP contribution in [-0.4, -0.2) is 24.7 Å². The molecule has 0 saturated heterocycles. The van der Waals surface area contributed by atoms with Gasteiger partial charge in [0.1, 0.15) is 6.61 Å². The van der Waals surface area contributed by atoms with Gasteiger partial charge in [0.2, 0.25) is 5.91 Å². The van der Waals surface area contributed by atoms with Gasteiger partial charge in [-0.2, -0.15) is 0 Å². The summed E-state index contributed by atoms with van der Waals surface area (Å²) in [5.74, 6) is -0.0724. The average Bonchev–Trinajstić information content (AvgIpc) is 2.00. The Morgan fingerprint density at radius 3 is 2.62 bits per heavy atom. The molecule has 0 aliphatic heterocycles. The number of carbonyl (C=O) groups excluding carboxylic acids is 1. The van der Waals surface area contributed by atoms with Gasteiger partial charge < -0.3 is 10.1 Å². The number of carbonyl (C=O) groups is 1. The number of hydrogen-bond acceptors (Lipinski definition) is 2. The van der Waals surface area contributed by atoms with Gasteiger partial charge in [-0.05, 0) is 27.2 Å². The number of hydrogen-bond donors (Lipinski definition) is 1. The van der Waals surface area contributed by atoms with Crippen LogP contribution in [0.25, 0.3) is 0 Å². The third kappa shape index (κ3) is 9.08. The van der Waals surface area contributed by atoms with Gasteiger partial charge in [-0.3, -0.25) is 4.79 Å². The molecule has 0 aromatic rings. The third-order valence-electron chi connectivity index (χ3n) is 1.31. The summed E-state index contributed by atoms with van der Waals surface area (Å²) in [5.41, 5.74) is -0.254. The van der Waals surface area contributed by atoms with E-state index in [1.165, 1.54) is 0 Å². The van der Waals surface area contributed by atoms with Gasteiger partial charge in [-0.1, -0.05) is 6.08 Å². The predicted molar refractivity (Wildman–Crippen MR) is 53.5 cm³/mol. The minimum atomic E-state index is -0.254. The van der Waals surface area contributed by atoms with E-state index in [1.807, 2.05) is 20.8 Å². The highest BCUT2D eigenvalue weighted by molar-refractivity contribution is 5.77. The summed E-state index contributed by atoms with van der Waals surface area (Å²) < 4.78 is 5.28. The van der Waals surface area contributed by atoms with Gasteiger partial charge in [0.15, 0.2) is 0 Å². The summed E-state index contributed by atoms with van der Waals surface area (Å²) in [5, 5.41) is 2.72. The SMILES string of the molecule is C=CCCNC(=O)COC(C)(C)C. The maximum Gasteiger partial charge on any atom is 0.246 e. The highest BCUT2D eigenvalue weighted by Gasteiger charge is 2.11. The van der Waals surface area contributed by atoms with Crippen molar-refractivity contribution in [2.75, 3.05) is 13.2 Å². The van der Waals surface area contributed by atoms with E-state index in [0.717, 1.165) is 6.42 Å². The van der Waals surface area contributed by atoms with Gasteiger partial charge in [0, 0.05) is 6.54 Å². The first-order chi connectivity index (χ1) is 5.95. The Morgan fingerprint density at radius 1 is 1.54 bits per heavy atom. The van der Waals surface area contributed by atoms with Crippen molar-refractivity contribution < 1.29 is 9.53 Å². The van der Waals surface area contributed by atoms with Gasteiger partial charge in [-0.15, -0.1) is 6.58 Å². The second kappa shape index (κ2) is 5.75. The van der Waals surface area contributed by atoms with Crippen LogP contribution in [0.1, 0.15) is 27.2 Å². The zero-order chi connectivity index (χ0) is 10.3. The molecule has 0 aliphatic rings. The molecule has 0 atom stereocenters. The molecule has 0 aromatic carbocycles. The topological polar surface area (TPSA) is 38.3 Å². The smallest absolute Gasteiger partial charge is 0.246 e. The first-order valence-corrected chi connectivity index (χ1v) is 4.47. The lowest BCUT2D eigenvalue weighted by Gasteiger charge is -2.18. The normalized spacial score (nSPS) is 11.0. The van der Waals surface area contributed by atoms with E-state index in [4.69, 9.17) is 4.74 Å². The van der Waals surface area contributed by atoms with Crippen LogP contribution in [-0.2, 0) is 9.53 Å². The largest absolute Gasteiger partial charge is 0.366 e. The molecular weight excluding hydrogens is 166 g/mol. The van der Waals surface area contributed by atoms with Gasteiger partial charge >= 0.3 is 0 Å². The number of rotatable bonds is 5. The fourth-order valence-corrected chi connectivity index (χ4v) is 0.647.